The maximum atomic E-state index is 13.4. The zero-order valence-electron chi connectivity index (χ0n) is 16.1. The standard InChI is InChI=1S/C21H23N5O2/c1-13-18(21(28)26(24(13)2)14-8-4-3-5-9-14)15-12-17(27)23-20-19(15)22-16-10-6-7-11-25(16)20/h3-5,8-9,15H,6-7,10-12H2,1-2H3,(H,23,27)/t15-/m1/s1. The van der Waals surface area contributed by atoms with Gasteiger partial charge in [-0.3, -0.25) is 14.3 Å². The van der Waals surface area contributed by atoms with Crippen LogP contribution in [0, 0.1) is 6.92 Å². The van der Waals surface area contributed by atoms with Crippen molar-refractivity contribution in [3.63, 3.8) is 0 Å². The molecule has 3 aromatic rings. The van der Waals surface area contributed by atoms with E-state index in [1.165, 1.54) is 0 Å². The minimum Gasteiger partial charge on any atom is -0.314 e. The normalized spacial score (nSPS) is 18.5. The number of para-hydroxylation sites is 1. The molecule has 0 saturated heterocycles. The molecule has 7 heteroatoms. The number of anilines is 1. The number of imidazole rings is 1. The van der Waals surface area contributed by atoms with E-state index >= 15 is 0 Å². The zero-order chi connectivity index (χ0) is 19.4. The highest BCUT2D eigenvalue weighted by Gasteiger charge is 2.36. The number of nitrogens with one attached hydrogen (secondary N) is 1. The van der Waals surface area contributed by atoms with E-state index in [4.69, 9.17) is 4.98 Å². The Morgan fingerprint density at radius 3 is 2.71 bits per heavy atom. The highest BCUT2D eigenvalue weighted by molar-refractivity contribution is 5.94. The van der Waals surface area contributed by atoms with Crippen molar-refractivity contribution >= 4 is 11.7 Å². The van der Waals surface area contributed by atoms with E-state index in [1.54, 1.807) is 4.68 Å². The highest BCUT2D eigenvalue weighted by Crippen LogP contribution is 2.38. The van der Waals surface area contributed by atoms with Gasteiger partial charge in [0.05, 0.1) is 11.4 Å². The number of benzene rings is 1. The fourth-order valence-electron chi connectivity index (χ4n) is 4.57. The molecular formula is C21H23N5O2. The Bertz CT molecular complexity index is 1140. The molecule has 1 amide bonds. The Morgan fingerprint density at radius 1 is 1.14 bits per heavy atom. The van der Waals surface area contributed by atoms with Crippen LogP contribution in [-0.4, -0.2) is 24.8 Å². The maximum Gasteiger partial charge on any atom is 0.275 e. The number of nitrogens with zero attached hydrogens (tertiary/aromatic N) is 4. The number of rotatable bonds is 2. The number of hydrogen-bond acceptors (Lipinski definition) is 3. The summed E-state index contributed by atoms with van der Waals surface area (Å²) in [6.07, 6.45) is 3.36. The Labute approximate surface area is 162 Å². The van der Waals surface area contributed by atoms with E-state index in [1.807, 2.05) is 49.0 Å². The van der Waals surface area contributed by atoms with Crippen molar-refractivity contribution < 1.29 is 4.79 Å². The molecule has 2 aromatic heterocycles. The molecule has 1 atom stereocenters. The number of aromatic nitrogens is 4. The summed E-state index contributed by atoms with van der Waals surface area (Å²) >= 11 is 0. The molecule has 2 aliphatic heterocycles. The van der Waals surface area contributed by atoms with E-state index in [2.05, 4.69) is 9.88 Å². The predicted octanol–water partition coefficient (Wildman–Crippen LogP) is 2.49. The number of carbonyl (C=O) groups excluding carboxylic acids is 1. The molecular weight excluding hydrogens is 354 g/mol. The third-order valence-electron chi connectivity index (χ3n) is 6.03. The maximum absolute atomic E-state index is 13.4. The van der Waals surface area contributed by atoms with Gasteiger partial charge in [-0.15, -0.1) is 0 Å². The predicted molar refractivity (Wildman–Crippen MR) is 106 cm³/mol. The Kier molecular flexibility index (Phi) is 3.79. The highest BCUT2D eigenvalue weighted by atomic mass is 16.2. The van der Waals surface area contributed by atoms with Crippen LogP contribution in [0.25, 0.3) is 5.69 Å². The minimum absolute atomic E-state index is 0.0558. The largest absolute Gasteiger partial charge is 0.314 e. The van der Waals surface area contributed by atoms with E-state index in [-0.39, 0.29) is 23.8 Å². The van der Waals surface area contributed by atoms with Crippen molar-refractivity contribution in [3.05, 3.63) is 63.5 Å². The van der Waals surface area contributed by atoms with Crippen LogP contribution in [0.15, 0.2) is 35.1 Å². The van der Waals surface area contributed by atoms with Crippen molar-refractivity contribution in [2.24, 2.45) is 7.05 Å². The van der Waals surface area contributed by atoms with Crippen LogP contribution in [0.3, 0.4) is 0 Å². The van der Waals surface area contributed by atoms with Gasteiger partial charge >= 0.3 is 0 Å². The third-order valence-corrected chi connectivity index (χ3v) is 6.03. The van der Waals surface area contributed by atoms with E-state index < -0.39 is 0 Å². The number of amides is 1. The van der Waals surface area contributed by atoms with Gasteiger partial charge in [-0.1, -0.05) is 18.2 Å². The second-order valence-electron chi connectivity index (χ2n) is 7.65. The summed E-state index contributed by atoms with van der Waals surface area (Å²) in [5.74, 6) is 1.43. The summed E-state index contributed by atoms with van der Waals surface area (Å²) in [6.45, 7) is 2.81. The Balaban J connectivity index is 1.70. The molecule has 2 aliphatic rings. The summed E-state index contributed by atoms with van der Waals surface area (Å²) < 4.78 is 5.67. The first-order valence-electron chi connectivity index (χ1n) is 9.79. The summed E-state index contributed by atoms with van der Waals surface area (Å²) in [7, 11) is 1.88. The van der Waals surface area contributed by atoms with E-state index in [0.29, 0.717) is 5.56 Å². The molecule has 0 saturated carbocycles. The second kappa shape index (κ2) is 6.22. The summed E-state index contributed by atoms with van der Waals surface area (Å²) in [6, 6.07) is 9.59. The van der Waals surface area contributed by atoms with Crippen LogP contribution in [0.5, 0.6) is 0 Å². The van der Waals surface area contributed by atoms with Gasteiger partial charge in [0, 0.05) is 43.6 Å². The molecule has 0 unspecified atom stereocenters. The Morgan fingerprint density at radius 2 is 1.93 bits per heavy atom. The van der Waals surface area contributed by atoms with Gasteiger partial charge in [0.25, 0.3) is 5.56 Å². The van der Waals surface area contributed by atoms with Crippen molar-refractivity contribution in [1.82, 2.24) is 18.9 Å². The Hall–Kier alpha value is -3.09. The first kappa shape index (κ1) is 17.0. The second-order valence-corrected chi connectivity index (χ2v) is 7.65. The van der Waals surface area contributed by atoms with Crippen LogP contribution >= 0.6 is 0 Å². The molecule has 0 fully saturated rings. The SMILES string of the molecule is Cc1c([C@H]2CC(=O)Nc3c2nc2n3CCCC2)c(=O)n(-c2ccccc2)n1C. The molecule has 7 nitrogen and oxygen atoms in total. The quantitative estimate of drug-likeness (QED) is 0.746. The topological polar surface area (TPSA) is 73.8 Å². The molecule has 0 bridgehead atoms. The van der Waals surface area contributed by atoms with Gasteiger partial charge in [-0.05, 0) is 31.9 Å². The lowest BCUT2D eigenvalue weighted by Crippen LogP contribution is -2.29. The summed E-state index contributed by atoms with van der Waals surface area (Å²) in [4.78, 5) is 30.8. The first-order chi connectivity index (χ1) is 13.6. The van der Waals surface area contributed by atoms with Gasteiger partial charge in [-0.25, -0.2) is 9.67 Å². The fourth-order valence-corrected chi connectivity index (χ4v) is 4.57. The van der Waals surface area contributed by atoms with Gasteiger partial charge in [0.2, 0.25) is 5.91 Å². The lowest BCUT2D eigenvalue weighted by molar-refractivity contribution is -0.116. The molecule has 144 valence electrons. The molecule has 0 radical (unpaired) electrons. The molecule has 28 heavy (non-hydrogen) atoms. The average molecular weight is 377 g/mol. The molecule has 0 aliphatic carbocycles. The third kappa shape index (κ3) is 2.38. The molecule has 1 aromatic carbocycles. The molecule has 4 heterocycles. The summed E-state index contributed by atoms with van der Waals surface area (Å²) in [5.41, 5.74) is 3.10. The minimum atomic E-state index is -0.314. The number of hydrogen-bond donors (Lipinski definition) is 1. The number of carbonyl (C=O) groups is 1. The van der Waals surface area contributed by atoms with Gasteiger partial charge in [0.1, 0.15) is 11.6 Å². The van der Waals surface area contributed by atoms with Gasteiger partial charge in [-0.2, -0.15) is 0 Å². The van der Waals surface area contributed by atoms with E-state index in [9.17, 15) is 9.59 Å². The van der Waals surface area contributed by atoms with Crippen LogP contribution in [0.1, 0.15) is 48.0 Å². The summed E-state index contributed by atoms with van der Waals surface area (Å²) in [5, 5.41) is 3.01. The van der Waals surface area contributed by atoms with Crippen LogP contribution in [0.4, 0.5) is 5.82 Å². The molecule has 0 spiro atoms. The zero-order valence-corrected chi connectivity index (χ0v) is 16.1. The van der Waals surface area contributed by atoms with Crippen LogP contribution < -0.4 is 10.9 Å². The average Bonchev–Trinajstić information content (AvgIpc) is 3.17. The molecule has 5 rings (SSSR count). The smallest absolute Gasteiger partial charge is 0.275 e. The van der Waals surface area contributed by atoms with Crippen LogP contribution in [-0.2, 0) is 24.8 Å². The lowest BCUT2D eigenvalue weighted by atomic mass is 9.90. The van der Waals surface area contributed by atoms with Crippen molar-refractivity contribution in [2.75, 3.05) is 5.32 Å². The van der Waals surface area contributed by atoms with Crippen molar-refractivity contribution in [1.29, 1.82) is 0 Å². The fraction of sp³-hybridized carbons (Fsp3) is 0.381. The number of aryl methyl sites for hydroxylation is 1. The van der Waals surface area contributed by atoms with Crippen LogP contribution in [0.2, 0.25) is 0 Å². The monoisotopic (exact) mass is 377 g/mol. The molecule has 1 N–H and O–H groups in total. The van der Waals surface area contributed by atoms with Gasteiger partial charge in [0.15, 0.2) is 0 Å². The van der Waals surface area contributed by atoms with Gasteiger partial charge < -0.3 is 9.88 Å². The van der Waals surface area contributed by atoms with Crippen molar-refractivity contribution in [2.45, 2.75) is 45.1 Å². The first-order valence-corrected chi connectivity index (χ1v) is 9.79. The van der Waals surface area contributed by atoms with E-state index in [0.717, 1.165) is 54.5 Å². The number of fused-ring (bicyclic) bond motifs is 3. The van der Waals surface area contributed by atoms with Crippen molar-refractivity contribution in [3.8, 4) is 5.69 Å². The lowest BCUT2D eigenvalue weighted by Gasteiger charge is -2.23.